The molecule has 0 amide bonds. The highest BCUT2D eigenvalue weighted by molar-refractivity contribution is 9.10. The molecule has 7 aromatic carbocycles. The zero-order valence-corrected chi connectivity index (χ0v) is 35.0. The fourth-order valence-corrected chi connectivity index (χ4v) is 8.12. The van der Waals surface area contributed by atoms with Crippen LogP contribution in [-0.4, -0.2) is 40.1 Å². The number of halogens is 1. The summed E-state index contributed by atoms with van der Waals surface area (Å²) < 4.78 is 3.36. The van der Waals surface area contributed by atoms with Crippen LogP contribution in [0.25, 0.3) is 78.9 Å². The standard InChI is InChI=1S/C31H26N6.C21H15BrN2.CH4/c1-2-37-30(24-15-7-4-8-16-24)29(23-13-5-3-6-14-23)32-31(37)27-19-10-9-18-26(27)25-17-11-12-22(20-25)21-28-33-35-36-34-28;22-18-14-8-7-13-17(18)21-23-19(15-9-3-1-4-10-15)20(24-21)16-11-5-2-6-12-16;/h3-20H,2,21H2,1H3,(H,33,34,35,36);1-14H,(H,23,24);1H4. The summed E-state index contributed by atoms with van der Waals surface area (Å²) in [5.74, 6) is 2.49. The van der Waals surface area contributed by atoms with Crippen LogP contribution in [0.2, 0.25) is 0 Å². The lowest BCUT2D eigenvalue weighted by atomic mass is 9.97. The van der Waals surface area contributed by atoms with Crippen molar-refractivity contribution in [2.24, 2.45) is 0 Å². The van der Waals surface area contributed by atoms with Crippen LogP contribution in [0.3, 0.4) is 0 Å². The Labute approximate surface area is 370 Å². The third-order valence-corrected chi connectivity index (χ3v) is 11.2. The van der Waals surface area contributed by atoms with E-state index in [1.807, 2.05) is 60.7 Å². The van der Waals surface area contributed by atoms with E-state index in [4.69, 9.17) is 9.97 Å². The van der Waals surface area contributed by atoms with Crippen molar-refractivity contribution in [3.63, 3.8) is 0 Å². The van der Waals surface area contributed by atoms with Gasteiger partial charge in [0.05, 0.1) is 22.8 Å². The maximum Gasteiger partial charge on any atom is 0.178 e. The highest BCUT2D eigenvalue weighted by atomic mass is 79.9. The molecule has 0 radical (unpaired) electrons. The van der Waals surface area contributed by atoms with Gasteiger partial charge in [0.2, 0.25) is 0 Å². The molecule has 0 saturated carbocycles. The van der Waals surface area contributed by atoms with Crippen LogP contribution in [-0.2, 0) is 13.0 Å². The van der Waals surface area contributed by atoms with Crippen molar-refractivity contribution >= 4 is 15.9 Å². The Morgan fingerprint density at radius 3 is 1.69 bits per heavy atom. The van der Waals surface area contributed by atoms with Gasteiger partial charge in [0, 0.05) is 50.8 Å². The smallest absolute Gasteiger partial charge is 0.178 e. The first-order chi connectivity index (χ1) is 30.1. The number of nitrogens with zero attached hydrogens (tertiary/aromatic N) is 6. The zero-order valence-electron chi connectivity index (χ0n) is 33.5. The Hall–Kier alpha value is -7.49. The molecule has 0 fully saturated rings. The minimum atomic E-state index is 0. The number of nitrogens with one attached hydrogen (secondary N) is 2. The van der Waals surface area contributed by atoms with E-state index in [-0.39, 0.29) is 7.43 Å². The van der Waals surface area contributed by atoms with E-state index < -0.39 is 0 Å². The average Bonchev–Trinajstić information content (AvgIpc) is 4.11. The van der Waals surface area contributed by atoms with Crippen molar-refractivity contribution in [1.29, 1.82) is 0 Å². The minimum Gasteiger partial charge on any atom is -0.337 e. The van der Waals surface area contributed by atoms with Gasteiger partial charge in [-0.1, -0.05) is 217 Å². The molecule has 0 aliphatic heterocycles. The lowest BCUT2D eigenvalue weighted by Crippen LogP contribution is -2.01. The summed E-state index contributed by atoms with van der Waals surface area (Å²) in [5, 5.41) is 14.4. The number of imidazole rings is 2. The Morgan fingerprint density at radius 1 is 0.532 bits per heavy atom. The number of hydrogen-bond acceptors (Lipinski definition) is 5. The molecule has 9 heteroatoms. The summed E-state index contributed by atoms with van der Waals surface area (Å²) in [6.07, 6.45) is 0.617. The summed E-state index contributed by atoms with van der Waals surface area (Å²) in [6, 6.07) is 66.7. The lowest BCUT2D eigenvalue weighted by molar-refractivity contribution is 0.778. The van der Waals surface area contributed by atoms with Crippen molar-refractivity contribution in [3.05, 3.63) is 210 Å². The molecule has 0 aliphatic rings. The van der Waals surface area contributed by atoms with E-state index in [0.717, 1.165) is 95.5 Å². The summed E-state index contributed by atoms with van der Waals surface area (Å²) in [4.78, 5) is 13.7. The van der Waals surface area contributed by atoms with E-state index in [1.165, 1.54) is 0 Å². The number of aromatic nitrogens is 8. The second kappa shape index (κ2) is 19.3. The molecule has 0 aliphatic carbocycles. The zero-order chi connectivity index (χ0) is 41.4. The average molecular weight is 874 g/mol. The molecule has 3 aromatic heterocycles. The van der Waals surface area contributed by atoms with Crippen LogP contribution in [0.15, 0.2) is 199 Å². The number of hydrogen-bond donors (Lipinski definition) is 2. The molecular formula is C53H45BrN8. The number of rotatable bonds is 10. The van der Waals surface area contributed by atoms with Crippen molar-refractivity contribution < 1.29 is 0 Å². The molecule has 10 aromatic rings. The Kier molecular flexibility index (Phi) is 12.8. The SMILES string of the molecule is Brc1ccccc1-c1nc(-c2ccccc2)c(-c2ccccc2)[nH]1.C.CCn1c(-c2ccccc2-c2cccc(Cc3nn[nH]n3)c2)nc(-c2ccccc2)c1-c1ccccc1. The Balaban J connectivity index is 0.000000183. The molecule has 3 heterocycles. The molecule has 62 heavy (non-hydrogen) atoms. The lowest BCUT2D eigenvalue weighted by Gasteiger charge is -2.14. The van der Waals surface area contributed by atoms with Gasteiger partial charge in [0.25, 0.3) is 0 Å². The highest BCUT2D eigenvalue weighted by Gasteiger charge is 2.22. The highest BCUT2D eigenvalue weighted by Crippen LogP contribution is 2.40. The van der Waals surface area contributed by atoms with E-state index in [1.54, 1.807) is 0 Å². The molecule has 0 atom stereocenters. The summed E-state index contributed by atoms with van der Waals surface area (Å²) in [7, 11) is 0. The number of H-pyrrole nitrogens is 2. The predicted molar refractivity (Wildman–Crippen MR) is 256 cm³/mol. The second-order valence-corrected chi connectivity index (χ2v) is 15.2. The quantitative estimate of drug-likeness (QED) is 0.143. The topological polar surface area (TPSA) is 101 Å². The van der Waals surface area contributed by atoms with Crippen LogP contribution >= 0.6 is 15.9 Å². The summed E-state index contributed by atoms with van der Waals surface area (Å²) in [5.41, 5.74) is 14.2. The fraction of sp³-hybridized carbons (Fsp3) is 0.0755. The van der Waals surface area contributed by atoms with E-state index >= 15 is 0 Å². The van der Waals surface area contributed by atoms with Gasteiger partial charge in [-0.05, 0) is 29.7 Å². The van der Waals surface area contributed by atoms with Crippen molar-refractivity contribution in [1.82, 2.24) is 40.1 Å². The maximum atomic E-state index is 5.30. The van der Waals surface area contributed by atoms with Gasteiger partial charge in [-0.15, -0.1) is 10.2 Å². The van der Waals surface area contributed by atoms with Crippen molar-refractivity contribution in [3.8, 4) is 78.9 Å². The first kappa shape index (κ1) is 41.3. The molecular weight excluding hydrogens is 829 g/mol. The molecule has 0 spiro atoms. The van der Waals surface area contributed by atoms with Crippen LogP contribution in [0, 0.1) is 0 Å². The summed E-state index contributed by atoms with van der Waals surface area (Å²) in [6.45, 7) is 2.98. The third kappa shape index (κ3) is 8.84. The Morgan fingerprint density at radius 2 is 1.08 bits per heavy atom. The van der Waals surface area contributed by atoms with E-state index in [2.05, 4.69) is 186 Å². The van der Waals surface area contributed by atoms with Gasteiger partial charge in [-0.2, -0.15) is 5.21 Å². The van der Waals surface area contributed by atoms with E-state index in [0.29, 0.717) is 12.2 Å². The number of benzene rings is 7. The van der Waals surface area contributed by atoms with Crippen molar-refractivity contribution in [2.45, 2.75) is 27.3 Å². The molecule has 0 bridgehead atoms. The molecule has 10 rings (SSSR count). The fourth-order valence-electron chi connectivity index (χ4n) is 7.64. The summed E-state index contributed by atoms with van der Waals surface area (Å²) >= 11 is 3.62. The normalized spacial score (nSPS) is 10.7. The van der Waals surface area contributed by atoms with Gasteiger partial charge in [-0.25, -0.2) is 9.97 Å². The predicted octanol–water partition coefficient (Wildman–Crippen LogP) is 13.5. The van der Waals surface area contributed by atoms with Crippen LogP contribution in [0.1, 0.15) is 25.7 Å². The van der Waals surface area contributed by atoms with Gasteiger partial charge in [0.15, 0.2) is 5.82 Å². The van der Waals surface area contributed by atoms with Crippen LogP contribution in [0.4, 0.5) is 0 Å². The first-order valence-corrected chi connectivity index (χ1v) is 21.0. The van der Waals surface area contributed by atoms with Crippen molar-refractivity contribution in [2.75, 3.05) is 0 Å². The van der Waals surface area contributed by atoms with Gasteiger partial charge < -0.3 is 9.55 Å². The van der Waals surface area contributed by atoms with Gasteiger partial charge in [-0.3, -0.25) is 0 Å². The third-order valence-electron chi connectivity index (χ3n) is 10.5. The van der Waals surface area contributed by atoms with Crippen LogP contribution in [0.5, 0.6) is 0 Å². The first-order valence-electron chi connectivity index (χ1n) is 20.2. The Bertz CT molecular complexity index is 2920. The van der Waals surface area contributed by atoms with Gasteiger partial charge in [0.1, 0.15) is 11.6 Å². The van der Waals surface area contributed by atoms with Crippen LogP contribution < -0.4 is 0 Å². The number of aromatic amines is 2. The van der Waals surface area contributed by atoms with Gasteiger partial charge >= 0.3 is 0 Å². The molecule has 2 N–H and O–H groups in total. The monoisotopic (exact) mass is 872 g/mol. The largest absolute Gasteiger partial charge is 0.337 e. The second-order valence-electron chi connectivity index (χ2n) is 14.4. The maximum absolute atomic E-state index is 5.30. The molecule has 8 nitrogen and oxygen atoms in total. The molecule has 0 saturated heterocycles. The molecule has 0 unspecified atom stereocenters. The van der Waals surface area contributed by atoms with E-state index in [9.17, 15) is 0 Å². The minimum absolute atomic E-state index is 0. The number of tetrazole rings is 1. The molecule has 304 valence electrons.